The summed E-state index contributed by atoms with van der Waals surface area (Å²) in [7, 11) is 1.44. The number of nitrogens with one attached hydrogen (secondary N) is 4. The lowest BCUT2D eigenvalue weighted by Crippen LogP contribution is -2.36. The molecule has 9 nitrogen and oxygen atoms in total. The molecule has 0 radical (unpaired) electrons. The summed E-state index contributed by atoms with van der Waals surface area (Å²) in [5.41, 5.74) is -0.268. The van der Waals surface area contributed by atoms with Crippen molar-refractivity contribution in [1.29, 1.82) is 10.8 Å². The second kappa shape index (κ2) is 9.30. The van der Waals surface area contributed by atoms with E-state index in [9.17, 15) is 4.79 Å². The molecular weight excluding hydrogens is 274 g/mol. The van der Waals surface area contributed by atoms with Gasteiger partial charge in [-0.05, 0) is 0 Å². The Labute approximate surface area is 114 Å². The van der Waals surface area contributed by atoms with Gasteiger partial charge in [0.15, 0.2) is 5.71 Å². The molecule has 0 saturated heterocycles. The van der Waals surface area contributed by atoms with Crippen molar-refractivity contribution in [3.05, 3.63) is 0 Å². The topological polar surface area (TPSA) is 162 Å². The third-order valence-corrected chi connectivity index (χ3v) is 2.78. The zero-order valence-corrected chi connectivity index (χ0v) is 11.1. The van der Waals surface area contributed by atoms with Crippen LogP contribution in [0.1, 0.15) is 0 Å². The normalized spacial score (nSPS) is 12.7. The predicted molar refractivity (Wildman–Crippen MR) is 72.3 cm³/mol. The van der Waals surface area contributed by atoms with Crippen LogP contribution in [0.4, 0.5) is 0 Å². The maximum Gasteiger partial charge on any atom is 0.230 e. The molecule has 0 heterocycles. The number of hydrogen-bond donors (Lipinski definition) is 7. The fraction of sp³-hybridized carbons (Fsp3) is 0.556. The third kappa shape index (κ3) is 6.74. The van der Waals surface area contributed by atoms with Crippen molar-refractivity contribution >= 4 is 34.3 Å². The molecule has 0 spiro atoms. The molecule has 108 valence electrons. The van der Waals surface area contributed by atoms with Gasteiger partial charge in [-0.2, -0.15) is 0 Å². The lowest BCUT2D eigenvalue weighted by molar-refractivity contribution is -0.119. The standard InChI is InChI=1S/C9H17N5O4S/c1-12-8(10)7(14-18)9(11)19-4-6(17)13-2-5(16)3-15/h5,11,15-16,18H,2-4H2,1H3,(H2,10,12)(H,13,17)/b11-9?,14-7-. The Morgan fingerprint density at radius 2 is 2.11 bits per heavy atom. The maximum atomic E-state index is 11.3. The summed E-state index contributed by atoms with van der Waals surface area (Å²) in [4.78, 5) is 11.3. The lowest BCUT2D eigenvalue weighted by atomic mass is 10.4. The molecule has 0 aliphatic rings. The number of aliphatic hydroxyl groups excluding tert-OH is 2. The predicted octanol–water partition coefficient (Wildman–Crippen LogP) is -1.81. The molecule has 1 unspecified atom stereocenters. The highest BCUT2D eigenvalue weighted by Gasteiger charge is 2.15. The summed E-state index contributed by atoms with van der Waals surface area (Å²) in [5.74, 6) is -0.820. The number of rotatable bonds is 7. The van der Waals surface area contributed by atoms with Gasteiger partial charge in [0.2, 0.25) is 5.91 Å². The van der Waals surface area contributed by atoms with E-state index in [1.54, 1.807) is 0 Å². The summed E-state index contributed by atoms with van der Waals surface area (Å²) in [6, 6.07) is 0. The van der Waals surface area contributed by atoms with E-state index >= 15 is 0 Å². The molecule has 1 amide bonds. The average molecular weight is 291 g/mol. The lowest BCUT2D eigenvalue weighted by Gasteiger charge is -2.09. The summed E-state index contributed by atoms with van der Waals surface area (Å²) < 4.78 is 0. The number of thioether (sulfide) groups is 1. The van der Waals surface area contributed by atoms with Gasteiger partial charge in [0.1, 0.15) is 10.9 Å². The zero-order valence-electron chi connectivity index (χ0n) is 10.3. The molecule has 0 fully saturated rings. The Bertz CT molecular complexity index is 374. The van der Waals surface area contributed by atoms with E-state index in [2.05, 4.69) is 15.8 Å². The van der Waals surface area contributed by atoms with E-state index in [1.165, 1.54) is 7.05 Å². The largest absolute Gasteiger partial charge is 0.410 e. The van der Waals surface area contributed by atoms with Gasteiger partial charge in [-0.1, -0.05) is 16.9 Å². The molecule has 0 bridgehead atoms. The van der Waals surface area contributed by atoms with Gasteiger partial charge in [0.05, 0.1) is 18.5 Å². The summed E-state index contributed by atoms with van der Waals surface area (Å²) in [5, 5.41) is 48.5. The van der Waals surface area contributed by atoms with E-state index in [-0.39, 0.29) is 28.9 Å². The number of aliphatic hydroxyl groups is 2. The van der Waals surface area contributed by atoms with Crippen LogP contribution in [0.25, 0.3) is 0 Å². The van der Waals surface area contributed by atoms with Crippen molar-refractivity contribution in [2.75, 3.05) is 26.0 Å². The van der Waals surface area contributed by atoms with Crippen LogP contribution >= 0.6 is 11.8 Å². The number of amides is 1. The van der Waals surface area contributed by atoms with Crippen molar-refractivity contribution in [2.45, 2.75) is 6.10 Å². The Kier molecular flexibility index (Phi) is 8.49. The van der Waals surface area contributed by atoms with Gasteiger partial charge in [0, 0.05) is 13.6 Å². The van der Waals surface area contributed by atoms with E-state index in [4.69, 9.17) is 26.2 Å². The van der Waals surface area contributed by atoms with Crippen LogP contribution in [0, 0.1) is 10.8 Å². The average Bonchev–Trinajstić information content (AvgIpc) is 2.42. The fourth-order valence-electron chi connectivity index (χ4n) is 0.881. The molecule has 10 heteroatoms. The van der Waals surface area contributed by atoms with Crippen molar-refractivity contribution in [3.63, 3.8) is 0 Å². The van der Waals surface area contributed by atoms with Gasteiger partial charge in [-0.25, -0.2) is 0 Å². The maximum absolute atomic E-state index is 11.3. The summed E-state index contributed by atoms with van der Waals surface area (Å²) in [6.07, 6.45) is -1.03. The fourth-order valence-corrected chi connectivity index (χ4v) is 1.54. The molecule has 19 heavy (non-hydrogen) atoms. The van der Waals surface area contributed by atoms with Crippen LogP contribution in [0.15, 0.2) is 5.16 Å². The number of oxime groups is 1. The first-order chi connectivity index (χ1) is 8.96. The SMILES string of the molecule is CNC(=N)/C(=N/O)C(=N)SCC(=O)NCC(O)CO. The van der Waals surface area contributed by atoms with Crippen LogP contribution in [-0.4, -0.2) is 70.0 Å². The van der Waals surface area contributed by atoms with Crippen LogP contribution in [0.3, 0.4) is 0 Å². The molecule has 0 aromatic heterocycles. The Morgan fingerprint density at radius 1 is 1.47 bits per heavy atom. The highest BCUT2D eigenvalue weighted by molar-refractivity contribution is 8.16. The zero-order chi connectivity index (χ0) is 14.8. The minimum absolute atomic E-state index is 0.0868. The number of carbonyl (C=O) groups is 1. The number of carbonyl (C=O) groups excluding carboxylic acids is 1. The van der Waals surface area contributed by atoms with Gasteiger partial charge in [0.25, 0.3) is 0 Å². The van der Waals surface area contributed by atoms with Gasteiger partial charge < -0.3 is 26.1 Å². The molecule has 0 aromatic rings. The van der Waals surface area contributed by atoms with Crippen LogP contribution in [0.5, 0.6) is 0 Å². The first-order valence-corrected chi connectivity index (χ1v) is 6.20. The van der Waals surface area contributed by atoms with E-state index in [1.807, 2.05) is 0 Å². The smallest absolute Gasteiger partial charge is 0.230 e. The monoisotopic (exact) mass is 291 g/mol. The summed E-state index contributed by atoms with van der Waals surface area (Å²) >= 11 is 0.776. The Morgan fingerprint density at radius 3 is 2.58 bits per heavy atom. The second-order valence-corrected chi connectivity index (χ2v) is 4.32. The van der Waals surface area contributed by atoms with Crippen molar-refractivity contribution in [3.8, 4) is 0 Å². The van der Waals surface area contributed by atoms with E-state index in [0.29, 0.717) is 0 Å². The number of nitrogens with zero attached hydrogens (tertiary/aromatic N) is 1. The molecule has 0 rings (SSSR count). The van der Waals surface area contributed by atoms with E-state index < -0.39 is 18.6 Å². The van der Waals surface area contributed by atoms with Gasteiger partial charge >= 0.3 is 0 Å². The summed E-state index contributed by atoms with van der Waals surface area (Å²) in [6.45, 7) is -0.541. The molecule has 1 atom stereocenters. The molecule has 0 aliphatic carbocycles. The van der Waals surface area contributed by atoms with E-state index in [0.717, 1.165) is 11.8 Å². The van der Waals surface area contributed by atoms with Crippen LogP contribution in [0.2, 0.25) is 0 Å². The van der Waals surface area contributed by atoms with Crippen molar-refractivity contribution < 1.29 is 20.2 Å². The minimum Gasteiger partial charge on any atom is -0.410 e. The Hall–Kier alpha value is -1.65. The third-order valence-electron chi connectivity index (χ3n) is 1.90. The quantitative estimate of drug-likeness (QED) is 0.127. The second-order valence-electron chi connectivity index (χ2n) is 3.33. The van der Waals surface area contributed by atoms with Crippen molar-refractivity contribution in [2.24, 2.45) is 5.16 Å². The van der Waals surface area contributed by atoms with Gasteiger partial charge in [-0.15, -0.1) is 0 Å². The first-order valence-electron chi connectivity index (χ1n) is 5.22. The molecule has 0 aromatic carbocycles. The minimum atomic E-state index is -1.03. The molecule has 0 aliphatic heterocycles. The molecule has 7 N–H and O–H groups in total. The Balaban J connectivity index is 4.15. The first kappa shape index (κ1) is 17.4. The van der Waals surface area contributed by atoms with Crippen LogP contribution < -0.4 is 10.6 Å². The molecular formula is C9H17N5O4S. The van der Waals surface area contributed by atoms with Crippen molar-refractivity contribution in [1.82, 2.24) is 10.6 Å². The van der Waals surface area contributed by atoms with Crippen LogP contribution in [-0.2, 0) is 4.79 Å². The van der Waals surface area contributed by atoms with Gasteiger partial charge in [-0.3, -0.25) is 15.6 Å². The number of amidine groups is 1. The highest BCUT2D eigenvalue weighted by Crippen LogP contribution is 2.04. The molecule has 0 saturated carbocycles. The number of hydrogen-bond acceptors (Lipinski definition) is 8. The highest BCUT2D eigenvalue weighted by atomic mass is 32.2.